The van der Waals surface area contributed by atoms with Crippen molar-refractivity contribution in [3.63, 3.8) is 0 Å². The lowest BCUT2D eigenvalue weighted by Crippen LogP contribution is -2.47. The number of rotatable bonds is 0. The van der Waals surface area contributed by atoms with E-state index in [9.17, 15) is 19.8 Å². The minimum atomic E-state index is -0.452. The molecule has 8 nitrogen and oxygen atoms in total. The number of hydrogen-bond donors (Lipinski definition) is 2. The van der Waals surface area contributed by atoms with E-state index in [1.807, 2.05) is 55.4 Å². The maximum absolute atomic E-state index is 11.8. The maximum atomic E-state index is 11.8. The molecule has 30 heavy (non-hydrogen) atoms. The second-order valence-electron chi connectivity index (χ2n) is 10.4. The van der Waals surface area contributed by atoms with Crippen LogP contribution < -0.4 is 0 Å². The van der Waals surface area contributed by atoms with Crippen molar-refractivity contribution in [1.29, 1.82) is 0 Å². The van der Waals surface area contributed by atoms with Crippen molar-refractivity contribution in [3.05, 3.63) is 0 Å². The summed E-state index contributed by atoms with van der Waals surface area (Å²) in [5, 5.41) is 18.9. The monoisotopic (exact) mass is 430 g/mol. The van der Waals surface area contributed by atoms with Crippen molar-refractivity contribution in [2.45, 2.75) is 117 Å². The highest BCUT2D eigenvalue weighted by molar-refractivity contribution is 5.69. The Hall–Kier alpha value is -1.54. The molecule has 0 aromatic heterocycles. The van der Waals surface area contributed by atoms with Gasteiger partial charge in [-0.05, 0) is 81.1 Å². The number of ether oxygens (including phenoxy) is 2. The molecule has 0 aromatic carbocycles. The smallest absolute Gasteiger partial charge is 0.410 e. The summed E-state index contributed by atoms with van der Waals surface area (Å²) in [7, 11) is 0. The Labute approximate surface area is 181 Å². The first-order valence-electron chi connectivity index (χ1n) is 10.9. The highest BCUT2D eigenvalue weighted by atomic mass is 16.6. The Morgan fingerprint density at radius 1 is 0.733 bits per heavy atom. The number of likely N-dealkylation sites (tertiary alicyclic amines) is 2. The number of aliphatic hydroxyl groups excluding tert-OH is 2. The Bertz CT molecular complexity index is 519. The topological polar surface area (TPSA) is 99.5 Å². The molecular weight excluding hydrogens is 388 g/mol. The normalized spacial score (nSPS) is 27.7. The molecular formula is C22H42N2O6. The molecule has 2 fully saturated rings. The second-order valence-corrected chi connectivity index (χ2v) is 10.4. The van der Waals surface area contributed by atoms with Crippen molar-refractivity contribution in [2.24, 2.45) is 0 Å². The number of carbonyl (C=O) groups excluding carboxylic acids is 2. The molecule has 0 unspecified atom stereocenters. The third-order valence-electron chi connectivity index (χ3n) is 4.95. The molecule has 8 heteroatoms. The van der Waals surface area contributed by atoms with Crippen LogP contribution in [0.5, 0.6) is 0 Å². The van der Waals surface area contributed by atoms with E-state index in [1.165, 1.54) is 0 Å². The molecule has 0 bridgehead atoms. The van der Waals surface area contributed by atoms with Gasteiger partial charge >= 0.3 is 12.2 Å². The number of aliphatic hydroxyl groups is 2. The van der Waals surface area contributed by atoms with Crippen LogP contribution in [0.15, 0.2) is 0 Å². The van der Waals surface area contributed by atoms with Crippen LogP contribution in [0.25, 0.3) is 0 Å². The molecule has 0 aromatic rings. The van der Waals surface area contributed by atoms with E-state index in [0.29, 0.717) is 38.8 Å². The van der Waals surface area contributed by atoms with E-state index in [1.54, 1.807) is 9.80 Å². The first-order valence-corrected chi connectivity index (χ1v) is 10.9. The minimum Gasteiger partial charge on any atom is -0.444 e. The van der Waals surface area contributed by atoms with Gasteiger partial charge in [0, 0.05) is 25.2 Å². The number of amides is 2. The van der Waals surface area contributed by atoms with Crippen molar-refractivity contribution in [2.75, 3.05) is 13.1 Å². The van der Waals surface area contributed by atoms with Crippen LogP contribution in [0.1, 0.15) is 81.1 Å². The Morgan fingerprint density at radius 3 is 1.27 bits per heavy atom. The van der Waals surface area contributed by atoms with Gasteiger partial charge in [-0.25, -0.2) is 9.59 Å². The van der Waals surface area contributed by atoms with Crippen LogP contribution in [-0.2, 0) is 9.47 Å². The Kier molecular flexibility index (Phi) is 9.42. The molecule has 2 heterocycles. The fraction of sp³-hybridized carbons (Fsp3) is 0.909. The maximum Gasteiger partial charge on any atom is 0.410 e. The fourth-order valence-electron chi connectivity index (χ4n) is 3.48. The highest BCUT2D eigenvalue weighted by Crippen LogP contribution is 2.21. The van der Waals surface area contributed by atoms with Crippen molar-refractivity contribution in [3.8, 4) is 0 Å². The van der Waals surface area contributed by atoms with Gasteiger partial charge in [-0.15, -0.1) is 0 Å². The van der Waals surface area contributed by atoms with Gasteiger partial charge in [-0.2, -0.15) is 0 Å². The standard InChI is InChI=1S/2C11H21NO3/c2*1-8-7-9(13)5-6-12(8)10(14)15-11(2,3)4/h2*8-9,13H,5-7H2,1-4H3/t2*8-,9-/m10/s1. The van der Waals surface area contributed by atoms with Crippen LogP contribution >= 0.6 is 0 Å². The van der Waals surface area contributed by atoms with Crippen LogP contribution in [0, 0.1) is 0 Å². The molecule has 2 aliphatic rings. The van der Waals surface area contributed by atoms with E-state index < -0.39 is 11.2 Å². The summed E-state index contributed by atoms with van der Waals surface area (Å²) in [6.07, 6.45) is 1.45. The lowest BCUT2D eigenvalue weighted by Gasteiger charge is -2.36. The van der Waals surface area contributed by atoms with E-state index >= 15 is 0 Å². The summed E-state index contributed by atoms with van der Waals surface area (Å²) in [5.74, 6) is 0. The third kappa shape index (κ3) is 9.51. The van der Waals surface area contributed by atoms with Gasteiger partial charge in [0.1, 0.15) is 11.2 Å². The molecule has 0 aliphatic carbocycles. The van der Waals surface area contributed by atoms with Gasteiger partial charge in [0.2, 0.25) is 0 Å². The van der Waals surface area contributed by atoms with Crippen LogP contribution in [-0.4, -0.2) is 80.8 Å². The zero-order chi connectivity index (χ0) is 23.3. The van der Waals surface area contributed by atoms with Crippen LogP contribution in [0.2, 0.25) is 0 Å². The zero-order valence-corrected chi connectivity index (χ0v) is 20.0. The summed E-state index contributed by atoms with van der Waals surface area (Å²) in [4.78, 5) is 26.9. The van der Waals surface area contributed by atoms with Gasteiger partial charge in [0.15, 0.2) is 0 Å². The average molecular weight is 431 g/mol. The molecule has 0 radical (unpaired) electrons. The molecule has 0 spiro atoms. The molecule has 176 valence electrons. The van der Waals surface area contributed by atoms with Gasteiger partial charge < -0.3 is 29.5 Å². The van der Waals surface area contributed by atoms with Gasteiger partial charge in [-0.1, -0.05) is 0 Å². The van der Waals surface area contributed by atoms with E-state index in [2.05, 4.69) is 0 Å². The van der Waals surface area contributed by atoms with E-state index in [0.717, 1.165) is 0 Å². The summed E-state index contributed by atoms with van der Waals surface area (Å²) in [6, 6.07) is 0.118. The highest BCUT2D eigenvalue weighted by Gasteiger charge is 2.31. The summed E-state index contributed by atoms with van der Waals surface area (Å²) >= 11 is 0. The minimum absolute atomic E-state index is 0.0589. The van der Waals surface area contributed by atoms with Gasteiger partial charge in [0.25, 0.3) is 0 Å². The second kappa shape index (κ2) is 10.7. The number of hydrogen-bond acceptors (Lipinski definition) is 6. The molecule has 0 saturated carbocycles. The Morgan fingerprint density at radius 2 is 1.03 bits per heavy atom. The van der Waals surface area contributed by atoms with E-state index in [-0.39, 0.29) is 36.5 Å². The SMILES string of the molecule is C[C@@H]1C[C@H](O)CCN1C(=O)OC(C)(C)C.C[C@H]1C[C@@H](O)CCN1C(=O)OC(C)(C)C. The molecule has 2 aliphatic heterocycles. The number of piperidine rings is 2. The van der Waals surface area contributed by atoms with E-state index in [4.69, 9.17) is 9.47 Å². The lowest BCUT2D eigenvalue weighted by molar-refractivity contribution is -0.00589. The first-order chi connectivity index (χ1) is 13.6. The quantitative estimate of drug-likeness (QED) is 0.610. The van der Waals surface area contributed by atoms with Gasteiger partial charge in [0.05, 0.1) is 12.2 Å². The van der Waals surface area contributed by atoms with Gasteiger partial charge in [-0.3, -0.25) is 0 Å². The van der Waals surface area contributed by atoms with Crippen molar-refractivity contribution in [1.82, 2.24) is 9.80 Å². The number of carbonyl (C=O) groups is 2. The van der Waals surface area contributed by atoms with Crippen LogP contribution in [0.3, 0.4) is 0 Å². The van der Waals surface area contributed by atoms with Crippen LogP contribution in [0.4, 0.5) is 9.59 Å². The van der Waals surface area contributed by atoms with Crippen molar-refractivity contribution < 1.29 is 29.3 Å². The third-order valence-corrected chi connectivity index (χ3v) is 4.95. The first kappa shape index (κ1) is 26.5. The summed E-state index contributed by atoms with van der Waals surface area (Å²) < 4.78 is 10.6. The molecule has 4 atom stereocenters. The molecule has 2 rings (SSSR count). The largest absolute Gasteiger partial charge is 0.444 e. The molecule has 2 amide bonds. The molecule has 2 N–H and O–H groups in total. The zero-order valence-electron chi connectivity index (χ0n) is 20.0. The summed E-state index contributed by atoms with van der Waals surface area (Å²) in [6.45, 7) is 16.2. The number of nitrogens with zero attached hydrogens (tertiary/aromatic N) is 2. The molecule has 2 saturated heterocycles. The lowest BCUT2D eigenvalue weighted by atomic mass is 10.0. The van der Waals surface area contributed by atoms with Crippen molar-refractivity contribution >= 4 is 12.2 Å². The average Bonchev–Trinajstić information content (AvgIpc) is 2.51. The summed E-state index contributed by atoms with van der Waals surface area (Å²) in [5.41, 5.74) is -0.903. The predicted molar refractivity (Wildman–Crippen MR) is 115 cm³/mol. The fourth-order valence-corrected chi connectivity index (χ4v) is 3.48. The predicted octanol–water partition coefficient (Wildman–Crippen LogP) is 3.53. The Balaban J connectivity index is 0.000000300.